The van der Waals surface area contributed by atoms with Crippen LogP contribution in [0.4, 0.5) is 0 Å². The Morgan fingerprint density at radius 3 is 2.57 bits per heavy atom. The minimum Gasteiger partial charge on any atom is -0.381 e. The fourth-order valence-electron chi connectivity index (χ4n) is 4.14. The third kappa shape index (κ3) is 4.00. The van der Waals surface area contributed by atoms with Gasteiger partial charge < -0.3 is 15.4 Å². The summed E-state index contributed by atoms with van der Waals surface area (Å²) in [4.78, 5) is 30.6. The normalized spacial score (nSPS) is 21.9. The van der Waals surface area contributed by atoms with Gasteiger partial charge in [-0.3, -0.25) is 14.6 Å². The average Bonchev–Trinajstić information content (AvgIpc) is 2.75. The molecule has 2 N–H and O–H groups in total. The van der Waals surface area contributed by atoms with E-state index in [-0.39, 0.29) is 17.9 Å². The molecule has 6 nitrogen and oxygen atoms in total. The summed E-state index contributed by atoms with van der Waals surface area (Å²) >= 11 is 0. The van der Waals surface area contributed by atoms with E-state index in [0.717, 1.165) is 29.2 Å². The maximum Gasteiger partial charge on any atom is 0.268 e. The number of hydrogen-bond donors (Lipinski definition) is 2. The van der Waals surface area contributed by atoms with Crippen LogP contribution >= 0.6 is 0 Å². The molecule has 2 aliphatic heterocycles. The van der Waals surface area contributed by atoms with Crippen molar-refractivity contribution in [3.63, 3.8) is 0 Å². The lowest BCUT2D eigenvalue weighted by atomic mass is 9.88. The zero-order valence-electron chi connectivity index (χ0n) is 17.4. The second-order valence-electron chi connectivity index (χ2n) is 8.19. The van der Waals surface area contributed by atoms with Gasteiger partial charge in [0.15, 0.2) is 0 Å². The predicted octanol–water partition coefficient (Wildman–Crippen LogP) is 3.29. The first-order chi connectivity index (χ1) is 14.5. The summed E-state index contributed by atoms with van der Waals surface area (Å²) in [5.41, 5.74) is 1.16. The number of ether oxygens (including phenoxy) is 1. The average molecular weight is 405 g/mol. The van der Waals surface area contributed by atoms with E-state index in [1.54, 1.807) is 6.20 Å². The van der Waals surface area contributed by atoms with E-state index >= 15 is 0 Å². The van der Waals surface area contributed by atoms with Gasteiger partial charge in [0.1, 0.15) is 5.71 Å². The third-order valence-electron chi connectivity index (χ3n) is 5.91. The lowest BCUT2D eigenvalue weighted by Gasteiger charge is -2.33. The largest absolute Gasteiger partial charge is 0.381 e. The minimum atomic E-state index is -0.882. The summed E-state index contributed by atoms with van der Waals surface area (Å²) < 4.78 is 5.36. The zero-order valence-corrected chi connectivity index (χ0v) is 17.4. The Hall–Kier alpha value is -2.99. The van der Waals surface area contributed by atoms with Crippen LogP contribution in [0.25, 0.3) is 10.8 Å². The molecule has 2 aromatic carbocycles. The number of amides is 2. The minimum absolute atomic E-state index is 0.0702. The molecule has 4 rings (SSSR count). The number of aryl methyl sites for hydroxylation is 1. The van der Waals surface area contributed by atoms with Crippen molar-refractivity contribution in [3.8, 4) is 0 Å². The Balaban J connectivity index is 1.57. The van der Waals surface area contributed by atoms with Crippen molar-refractivity contribution in [3.05, 3.63) is 59.8 Å². The number of carbonyl (C=O) groups is 2. The molecular weight excluding hydrogens is 378 g/mol. The number of nitrogens with one attached hydrogen (secondary N) is 2. The van der Waals surface area contributed by atoms with Gasteiger partial charge in [-0.15, -0.1) is 0 Å². The number of carbonyl (C=O) groups excluding carboxylic acids is 2. The van der Waals surface area contributed by atoms with Gasteiger partial charge >= 0.3 is 0 Å². The summed E-state index contributed by atoms with van der Waals surface area (Å²) in [5.74, 6) is -0.446. The van der Waals surface area contributed by atoms with Crippen LogP contribution in [0.15, 0.2) is 53.7 Å². The molecule has 30 heavy (non-hydrogen) atoms. The van der Waals surface area contributed by atoms with Crippen molar-refractivity contribution >= 4 is 28.3 Å². The van der Waals surface area contributed by atoms with Crippen LogP contribution in [0.1, 0.15) is 42.1 Å². The Labute approximate surface area is 176 Å². The zero-order chi connectivity index (χ0) is 21.1. The molecule has 156 valence electrons. The van der Waals surface area contributed by atoms with E-state index < -0.39 is 5.54 Å². The number of fused-ring (bicyclic) bond motifs is 1. The van der Waals surface area contributed by atoms with Crippen molar-refractivity contribution in [1.29, 1.82) is 0 Å². The van der Waals surface area contributed by atoms with Gasteiger partial charge in [-0.2, -0.15) is 0 Å². The summed E-state index contributed by atoms with van der Waals surface area (Å²) in [6, 6.07) is 11.7. The number of rotatable bonds is 4. The molecule has 1 atom stereocenters. The van der Waals surface area contributed by atoms with Crippen molar-refractivity contribution in [2.75, 3.05) is 13.2 Å². The highest BCUT2D eigenvalue weighted by atomic mass is 16.5. The summed E-state index contributed by atoms with van der Waals surface area (Å²) in [6.45, 7) is 5.17. The van der Waals surface area contributed by atoms with E-state index in [1.807, 2.05) is 56.3 Å². The highest BCUT2D eigenvalue weighted by Crippen LogP contribution is 2.25. The molecule has 0 radical (unpaired) electrons. The van der Waals surface area contributed by atoms with E-state index in [2.05, 4.69) is 15.6 Å². The lowest BCUT2D eigenvalue weighted by molar-refractivity contribution is -0.116. The van der Waals surface area contributed by atoms with Gasteiger partial charge in [0.05, 0.1) is 5.54 Å². The van der Waals surface area contributed by atoms with Gasteiger partial charge in [-0.1, -0.05) is 36.4 Å². The van der Waals surface area contributed by atoms with Crippen LogP contribution in [0.3, 0.4) is 0 Å². The molecule has 2 heterocycles. The first-order valence-corrected chi connectivity index (χ1v) is 10.4. The Morgan fingerprint density at radius 1 is 1.07 bits per heavy atom. The van der Waals surface area contributed by atoms with Crippen LogP contribution in [-0.4, -0.2) is 42.3 Å². The maximum absolute atomic E-state index is 13.3. The molecule has 1 saturated heterocycles. The second-order valence-corrected chi connectivity index (χ2v) is 8.19. The highest BCUT2D eigenvalue weighted by molar-refractivity contribution is 6.43. The molecule has 2 amide bonds. The van der Waals surface area contributed by atoms with Crippen molar-refractivity contribution in [2.24, 2.45) is 4.99 Å². The third-order valence-corrected chi connectivity index (χ3v) is 5.91. The summed E-state index contributed by atoms with van der Waals surface area (Å²) in [5, 5.41) is 8.09. The molecule has 0 saturated carbocycles. The SMILES string of the molecule is Cc1ccc(C(=O)NC2(C)CC=CN=C2C(=O)NC2CCOCC2)c2ccccc12. The van der Waals surface area contributed by atoms with Crippen LogP contribution in [0.5, 0.6) is 0 Å². The van der Waals surface area contributed by atoms with Gasteiger partial charge in [0.2, 0.25) is 0 Å². The Morgan fingerprint density at radius 2 is 1.80 bits per heavy atom. The molecule has 1 fully saturated rings. The fourth-order valence-corrected chi connectivity index (χ4v) is 4.14. The van der Waals surface area contributed by atoms with E-state index in [0.29, 0.717) is 30.9 Å². The standard InChI is InChI=1S/C24H27N3O3/c1-16-8-9-20(19-7-4-3-6-18(16)19)22(28)27-24(2)12-5-13-25-21(24)23(29)26-17-10-14-30-15-11-17/h3-9,13,17H,10-12,14-15H2,1-2H3,(H,26,29)(H,27,28). The molecule has 0 spiro atoms. The number of nitrogens with zero attached hydrogens (tertiary/aromatic N) is 1. The molecule has 2 aliphatic rings. The van der Waals surface area contributed by atoms with Crippen LogP contribution in [0, 0.1) is 6.92 Å². The first-order valence-electron chi connectivity index (χ1n) is 10.4. The number of aliphatic imine (C=N–C) groups is 1. The quantitative estimate of drug-likeness (QED) is 0.819. The highest BCUT2D eigenvalue weighted by Gasteiger charge is 2.38. The molecule has 2 aromatic rings. The Bertz CT molecular complexity index is 1040. The molecule has 6 heteroatoms. The molecule has 0 aliphatic carbocycles. The van der Waals surface area contributed by atoms with Gasteiger partial charge in [-0.05, 0) is 55.5 Å². The molecular formula is C24H27N3O3. The molecule has 0 bridgehead atoms. The predicted molar refractivity (Wildman–Crippen MR) is 118 cm³/mol. The maximum atomic E-state index is 13.3. The van der Waals surface area contributed by atoms with Crippen molar-refractivity contribution in [1.82, 2.24) is 10.6 Å². The molecule has 1 unspecified atom stereocenters. The number of hydrogen-bond acceptors (Lipinski definition) is 4. The molecule has 0 aromatic heterocycles. The topological polar surface area (TPSA) is 79.8 Å². The van der Waals surface area contributed by atoms with E-state index in [4.69, 9.17) is 4.74 Å². The van der Waals surface area contributed by atoms with E-state index in [9.17, 15) is 9.59 Å². The van der Waals surface area contributed by atoms with Gasteiger partial charge in [0, 0.05) is 31.0 Å². The van der Waals surface area contributed by atoms with E-state index in [1.165, 1.54) is 0 Å². The fraction of sp³-hybridized carbons (Fsp3) is 0.375. The van der Waals surface area contributed by atoms with Crippen molar-refractivity contribution in [2.45, 2.75) is 44.7 Å². The Kier molecular flexibility index (Phi) is 5.68. The van der Waals surface area contributed by atoms with Gasteiger partial charge in [-0.25, -0.2) is 0 Å². The monoisotopic (exact) mass is 405 g/mol. The smallest absolute Gasteiger partial charge is 0.268 e. The first kappa shape index (κ1) is 20.3. The van der Waals surface area contributed by atoms with Crippen LogP contribution < -0.4 is 10.6 Å². The summed E-state index contributed by atoms with van der Waals surface area (Å²) in [6.07, 6.45) is 5.58. The van der Waals surface area contributed by atoms with Crippen LogP contribution in [0.2, 0.25) is 0 Å². The lowest BCUT2D eigenvalue weighted by Crippen LogP contribution is -2.58. The second kappa shape index (κ2) is 8.40. The van der Waals surface area contributed by atoms with Gasteiger partial charge in [0.25, 0.3) is 11.8 Å². The van der Waals surface area contributed by atoms with Crippen LogP contribution in [-0.2, 0) is 9.53 Å². The summed E-state index contributed by atoms with van der Waals surface area (Å²) in [7, 11) is 0. The number of benzene rings is 2. The van der Waals surface area contributed by atoms with Crippen molar-refractivity contribution < 1.29 is 14.3 Å².